The van der Waals surface area contributed by atoms with Crippen LogP contribution in [0.3, 0.4) is 0 Å². The molecule has 5 aromatic rings. The SMILES string of the molecule is NC(=O)c1ccc2c(c1)nc(NCCOCCCCNCc1cc3cc(C(F)(F)F)ccc3[nH]1)c1ccncc12. The van der Waals surface area contributed by atoms with E-state index in [0.717, 1.165) is 53.4 Å². The van der Waals surface area contributed by atoms with Gasteiger partial charge in [-0.3, -0.25) is 9.78 Å². The third-order valence-corrected chi connectivity index (χ3v) is 6.63. The molecule has 0 spiro atoms. The lowest BCUT2D eigenvalue weighted by atomic mass is 10.1. The van der Waals surface area contributed by atoms with Gasteiger partial charge in [0.1, 0.15) is 5.82 Å². The van der Waals surface area contributed by atoms with Crippen LogP contribution in [0.5, 0.6) is 0 Å². The van der Waals surface area contributed by atoms with Gasteiger partial charge in [0.2, 0.25) is 5.91 Å². The Morgan fingerprint density at radius 2 is 1.85 bits per heavy atom. The highest BCUT2D eigenvalue weighted by Gasteiger charge is 2.30. The van der Waals surface area contributed by atoms with Gasteiger partial charge in [0.15, 0.2) is 0 Å². The van der Waals surface area contributed by atoms with Crippen molar-refractivity contribution in [2.45, 2.75) is 25.6 Å². The number of alkyl halides is 3. The standard InChI is InChI=1S/C29H29F3N6O2/c30-29(31,32)20-4-6-25-19(13-20)14-21(37-25)16-34-8-1-2-11-40-12-10-36-28-23-7-9-35-17-24(23)22-5-3-18(27(33)39)15-26(22)38-28/h3-7,9,13-15,17,34,37H,1-2,8,10-12,16H2,(H2,33,39)(H,36,38). The van der Waals surface area contributed by atoms with E-state index in [0.29, 0.717) is 54.1 Å². The van der Waals surface area contributed by atoms with Gasteiger partial charge in [-0.1, -0.05) is 6.07 Å². The lowest BCUT2D eigenvalue weighted by molar-refractivity contribution is -0.137. The van der Waals surface area contributed by atoms with Crippen molar-refractivity contribution < 1.29 is 22.7 Å². The predicted molar refractivity (Wildman–Crippen MR) is 149 cm³/mol. The molecule has 11 heteroatoms. The van der Waals surface area contributed by atoms with Gasteiger partial charge in [-0.05, 0) is 61.9 Å². The van der Waals surface area contributed by atoms with Crippen LogP contribution in [-0.2, 0) is 17.5 Å². The molecule has 0 saturated carbocycles. The molecule has 0 atom stereocenters. The number of nitrogens with two attached hydrogens (primary N) is 1. The minimum Gasteiger partial charge on any atom is -0.380 e. The number of aromatic nitrogens is 3. The number of nitrogens with zero attached hydrogens (tertiary/aromatic N) is 2. The van der Waals surface area contributed by atoms with E-state index in [-0.39, 0.29) is 0 Å². The molecule has 0 aliphatic carbocycles. The normalized spacial score (nSPS) is 12.0. The molecule has 3 heterocycles. The fourth-order valence-corrected chi connectivity index (χ4v) is 4.62. The van der Waals surface area contributed by atoms with Crippen LogP contribution in [0.1, 0.15) is 34.5 Å². The number of anilines is 1. The zero-order chi connectivity index (χ0) is 28.1. The first-order valence-electron chi connectivity index (χ1n) is 13.0. The number of carbonyl (C=O) groups excluding carboxylic acids is 1. The first-order chi connectivity index (χ1) is 19.3. The molecule has 8 nitrogen and oxygen atoms in total. The van der Waals surface area contributed by atoms with E-state index in [4.69, 9.17) is 15.5 Å². The van der Waals surface area contributed by atoms with Crippen LogP contribution in [-0.4, -0.2) is 47.2 Å². The maximum atomic E-state index is 12.9. The fraction of sp³-hybridized carbons (Fsp3) is 0.276. The summed E-state index contributed by atoms with van der Waals surface area (Å²) < 4.78 is 44.5. The van der Waals surface area contributed by atoms with Crippen molar-refractivity contribution in [2.75, 3.05) is 31.6 Å². The lowest BCUT2D eigenvalue weighted by Crippen LogP contribution is -2.16. The smallest absolute Gasteiger partial charge is 0.380 e. The zero-order valence-corrected chi connectivity index (χ0v) is 21.6. The van der Waals surface area contributed by atoms with Crippen LogP contribution in [0.4, 0.5) is 19.0 Å². The quantitative estimate of drug-likeness (QED) is 0.122. The Morgan fingerprint density at radius 1 is 0.975 bits per heavy atom. The van der Waals surface area contributed by atoms with Gasteiger partial charge < -0.3 is 26.1 Å². The first-order valence-corrected chi connectivity index (χ1v) is 13.0. The molecule has 208 valence electrons. The number of aromatic amines is 1. The summed E-state index contributed by atoms with van der Waals surface area (Å²) >= 11 is 0. The van der Waals surface area contributed by atoms with Crippen molar-refractivity contribution in [2.24, 2.45) is 5.73 Å². The number of rotatable bonds is 12. The van der Waals surface area contributed by atoms with Gasteiger partial charge in [0, 0.05) is 70.4 Å². The van der Waals surface area contributed by atoms with E-state index in [1.807, 2.05) is 12.1 Å². The van der Waals surface area contributed by atoms with Crippen molar-refractivity contribution >= 4 is 44.3 Å². The summed E-state index contributed by atoms with van der Waals surface area (Å²) in [5.74, 6) is 0.180. The molecule has 0 unspecified atom stereocenters. The largest absolute Gasteiger partial charge is 0.416 e. The third-order valence-electron chi connectivity index (χ3n) is 6.63. The number of nitrogens with one attached hydrogen (secondary N) is 3. The molecular formula is C29H29F3N6O2. The number of carbonyl (C=O) groups is 1. The topological polar surface area (TPSA) is 118 Å². The van der Waals surface area contributed by atoms with Crippen LogP contribution < -0.4 is 16.4 Å². The minimum atomic E-state index is -4.35. The lowest BCUT2D eigenvalue weighted by Gasteiger charge is -2.12. The molecule has 2 aromatic carbocycles. The average Bonchev–Trinajstić information content (AvgIpc) is 3.35. The van der Waals surface area contributed by atoms with Crippen LogP contribution in [0.2, 0.25) is 0 Å². The minimum absolute atomic E-state index is 0.396. The molecule has 5 N–H and O–H groups in total. The number of fused-ring (bicyclic) bond motifs is 4. The molecule has 1 amide bonds. The second-order valence-corrected chi connectivity index (χ2v) is 9.50. The number of hydrogen-bond donors (Lipinski definition) is 4. The van der Waals surface area contributed by atoms with Crippen molar-refractivity contribution in [1.29, 1.82) is 0 Å². The Kier molecular flexibility index (Phi) is 8.13. The maximum Gasteiger partial charge on any atom is 0.416 e. The Morgan fingerprint density at radius 3 is 2.67 bits per heavy atom. The van der Waals surface area contributed by atoms with Gasteiger partial charge in [0.25, 0.3) is 0 Å². The van der Waals surface area contributed by atoms with Gasteiger partial charge in [-0.15, -0.1) is 0 Å². The summed E-state index contributed by atoms with van der Waals surface area (Å²) in [7, 11) is 0. The summed E-state index contributed by atoms with van der Waals surface area (Å²) in [5, 5.41) is 9.93. The Bertz CT molecular complexity index is 1650. The Balaban J connectivity index is 1.03. The molecule has 0 saturated heterocycles. The number of unbranched alkanes of at least 4 members (excludes halogenated alkanes) is 1. The van der Waals surface area contributed by atoms with Crippen molar-refractivity contribution in [3.05, 3.63) is 77.7 Å². The molecule has 40 heavy (non-hydrogen) atoms. The summed E-state index contributed by atoms with van der Waals surface area (Å²) in [5.41, 5.74) is 7.36. The van der Waals surface area contributed by atoms with Gasteiger partial charge in [0.05, 0.1) is 17.7 Å². The van der Waals surface area contributed by atoms with Crippen LogP contribution in [0.15, 0.2) is 60.9 Å². The molecule has 0 aliphatic rings. The highest BCUT2D eigenvalue weighted by Crippen LogP contribution is 2.32. The van der Waals surface area contributed by atoms with E-state index in [1.54, 1.807) is 30.6 Å². The second kappa shape index (κ2) is 11.9. The van der Waals surface area contributed by atoms with Gasteiger partial charge >= 0.3 is 6.18 Å². The number of hydrogen-bond acceptors (Lipinski definition) is 6. The number of primary amides is 1. The molecule has 3 aromatic heterocycles. The molecule has 0 aliphatic heterocycles. The zero-order valence-electron chi connectivity index (χ0n) is 21.6. The summed E-state index contributed by atoms with van der Waals surface area (Å²) in [6.45, 7) is 2.97. The fourth-order valence-electron chi connectivity index (χ4n) is 4.62. The number of halogens is 3. The van der Waals surface area contributed by atoms with E-state index < -0.39 is 17.6 Å². The second-order valence-electron chi connectivity index (χ2n) is 9.50. The molecule has 0 bridgehead atoms. The van der Waals surface area contributed by atoms with Gasteiger partial charge in [-0.25, -0.2) is 4.98 Å². The van der Waals surface area contributed by atoms with Crippen molar-refractivity contribution in [1.82, 2.24) is 20.3 Å². The molecule has 5 rings (SSSR count). The Hall–Kier alpha value is -4.22. The average molecular weight is 551 g/mol. The van der Waals surface area contributed by atoms with E-state index in [2.05, 4.69) is 20.6 Å². The van der Waals surface area contributed by atoms with Crippen LogP contribution >= 0.6 is 0 Å². The molecule has 0 fully saturated rings. The third kappa shape index (κ3) is 6.32. The monoisotopic (exact) mass is 550 g/mol. The summed E-state index contributed by atoms with van der Waals surface area (Å²) in [6.07, 6.45) is 0.913. The number of ether oxygens (including phenoxy) is 1. The molecular weight excluding hydrogens is 521 g/mol. The van der Waals surface area contributed by atoms with Crippen molar-refractivity contribution in [3.63, 3.8) is 0 Å². The predicted octanol–water partition coefficient (Wildman–Crippen LogP) is 5.38. The maximum absolute atomic E-state index is 12.9. The van der Waals surface area contributed by atoms with Crippen LogP contribution in [0, 0.1) is 0 Å². The number of benzene rings is 2. The summed E-state index contributed by atoms with van der Waals surface area (Å²) in [6, 6.07) is 12.6. The van der Waals surface area contributed by atoms with E-state index >= 15 is 0 Å². The number of amides is 1. The van der Waals surface area contributed by atoms with E-state index in [1.165, 1.54) is 6.07 Å². The van der Waals surface area contributed by atoms with Crippen molar-refractivity contribution in [3.8, 4) is 0 Å². The Labute approximate surface area is 228 Å². The van der Waals surface area contributed by atoms with Crippen LogP contribution in [0.25, 0.3) is 32.6 Å². The number of pyridine rings is 2. The first kappa shape index (κ1) is 27.4. The molecule has 0 radical (unpaired) electrons. The van der Waals surface area contributed by atoms with E-state index in [9.17, 15) is 18.0 Å². The summed E-state index contributed by atoms with van der Waals surface area (Å²) in [4.78, 5) is 23.7. The highest BCUT2D eigenvalue weighted by molar-refractivity contribution is 6.11. The van der Waals surface area contributed by atoms with Gasteiger partial charge in [-0.2, -0.15) is 13.2 Å². The highest BCUT2D eigenvalue weighted by atomic mass is 19.4. The number of H-pyrrole nitrogens is 1.